The quantitative estimate of drug-likeness (QED) is 0.793. The molecular formula is C13H11F3N2O2. The molecule has 0 aliphatic rings. The van der Waals surface area contributed by atoms with Crippen molar-refractivity contribution in [2.45, 2.75) is 12.7 Å². The number of nitrogens with zero attached hydrogens (tertiary/aromatic N) is 2. The minimum absolute atomic E-state index is 0.0423. The first-order valence-electron chi connectivity index (χ1n) is 5.75. The lowest BCUT2D eigenvalue weighted by Crippen LogP contribution is -2.12. The highest BCUT2D eigenvalue weighted by Crippen LogP contribution is 2.36. The summed E-state index contributed by atoms with van der Waals surface area (Å²) in [5, 5.41) is 0. The third kappa shape index (κ3) is 3.37. The maximum atomic E-state index is 12.9. The third-order valence-electron chi connectivity index (χ3n) is 2.61. The van der Waals surface area contributed by atoms with Crippen LogP contribution in [0.15, 0.2) is 36.9 Å². The second-order valence-electron chi connectivity index (χ2n) is 4.02. The van der Waals surface area contributed by atoms with E-state index in [2.05, 4.69) is 4.98 Å². The van der Waals surface area contributed by atoms with Gasteiger partial charge in [0.1, 0.15) is 18.6 Å². The van der Waals surface area contributed by atoms with Gasteiger partial charge in [-0.15, -0.1) is 0 Å². The van der Waals surface area contributed by atoms with E-state index in [0.717, 1.165) is 12.1 Å². The van der Waals surface area contributed by atoms with Crippen molar-refractivity contribution in [3.63, 3.8) is 0 Å². The van der Waals surface area contributed by atoms with Crippen molar-refractivity contribution in [2.75, 3.05) is 6.61 Å². The number of ether oxygens (including phenoxy) is 1. The fourth-order valence-electron chi connectivity index (χ4n) is 1.65. The maximum Gasteiger partial charge on any atom is 0.419 e. The van der Waals surface area contributed by atoms with Crippen molar-refractivity contribution in [3.05, 3.63) is 48.0 Å². The molecule has 1 heterocycles. The molecule has 0 radical (unpaired) electrons. The summed E-state index contributed by atoms with van der Waals surface area (Å²) in [4.78, 5) is 14.4. The Bertz CT molecular complexity index is 580. The lowest BCUT2D eigenvalue weighted by Gasteiger charge is -2.14. The summed E-state index contributed by atoms with van der Waals surface area (Å²) in [7, 11) is 0. The molecule has 0 N–H and O–H groups in total. The first kappa shape index (κ1) is 14.1. The van der Waals surface area contributed by atoms with Gasteiger partial charge in [-0.3, -0.25) is 4.79 Å². The molecule has 1 aromatic carbocycles. The largest absolute Gasteiger partial charge is 0.491 e. The molecule has 20 heavy (non-hydrogen) atoms. The smallest absolute Gasteiger partial charge is 0.419 e. The maximum absolute atomic E-state index is 12.9. The van der Waals surface area contributed by atoms with Gasteiger partial charge >= 0.3 is 6.18 Å². The zero-order valence-electron chi connectivity index (χ0n) is 10.3. The predicted octanol–water partition coefficient (Wildman–Crippen LogP) is 2.79. The van der Waals surface area contributed by atoms with Gasteiger partial charge in [0.05, 0.1) is 18.4 Å². The molecule has 0 unspecified atom stereocenters. The van der Waals surface area contributed by atoms with Crippen LogP contribution in [0.1, 0.15) is 15.9 Å². The summed E-state index contributed by atoms with van der Waals surface area (Å²) in [5.41, 5.74) is -0.994. The van der Waals surface area contributed by atoms with Gasteiger partial charge in [-0.25, -0.2) is 4.98 Å². The number of aldehydes is 1. The zero-order chi connectivity index (χ0) is 14.6. The van der Waals surface area contributed by atoms with E-state index in [1.165, 1.54) is 6.07 Å². The molecule has 0 aliphatic heterocycles. The highest BCUT2D eigenvalue weighted by atomic mass is 19.4. The van der Waals surface area contributed by atoms with Crippen LogP contribution in [0.5, 0.6) is 5.75 Å². The number of carbonyl (C=O) groups excluding carboxylic acids is 1. The van der Waals surface area contributed by atoms with Crippen molar-refractivity contribution < 1.29 is 22.7 Å². The second-order valence-corrected chi connectivity index (χ2v) is 4.02. The van der Waals surface area contributed by atoms with Gasteiger partial charge in [0.2, 0.25) is 0 Å². The van der Waals surface area contributed by atoms with E-state index in [0.29, 0.717) is 12.8 Å². The van der Waals surface area contributed by atoms with Crippen LogP contribution in [-0.2, 0) is 12.7 Å². The molecule has 2 rings (SSSR count). The molecule has 0 amide bonds. The van der Waals surface area contributed by atoms with Gasteiger partial charge in [0, 0.05) is 18.0 Å². The third-order valence-corrected chi connectivity index (χ3v) is 2.61. The number of alkyl halides is 3. The van der Waals surface area contributed by atoms with Crippen molar-refractivity contribution in [1.82, 2.24) is 9.55 Å². The SMILES string of the molecule is O=Cc1ccc(OCCn2ccnc2)c(C(F)(F)F)c1. The lowest BCUT2D eigenvalue weighted by atomic mass is 10.1. The van der Waals surface area contributed by atoms with E-state index in [1.54, 1.807) is 23.3 Å². The van der Waals surface area contributed by atoms with Crippen molar-refractivity contribution >= 4 is 6.29 Å². The Labute approximate surface area is 112 Å². The van der Waals surface area contributed by atoms with E-state index in [-0.39, 0.29) is 17.9 Å². The fourth-order valence-corrected chi connectivity index (χ4v) is 1.65. The van der Waals surface area contributed by atoms with Crippen LogP contribution in [0.3, 0.4) is 0 Å². The lowest BCUT2D eigenvalue weighted by molar-refractivity contribution is -0.139. The van der Waals surface area contributed by atoms with Gasteiger partial charge in [-0.1, -0.05) is 0 Å². The number of hydrogen-bond acceptors (Lipinski definition) is 3. The summed E-state index contributed by atoms with van der Waals surface area (Å²) in [6.45, 7) is 0.451. The van der Waals surface area contributed by atoms with Gasteiger partial charge < -0.3 is 9.30 Å². The van der Waals surface area contributed by atoms with Crippen LogP contribution in [-0.4, -0.2) is 22.4 Å². The Hall–Kier alpha value is -2.31. The van der Waals surface area contributed by atoms with Crippen LogP contribution in [0, 0.1) is 0 Å². The summed E-state index contributed by atoms with van der Waals surface area (Å²) < 4.78 is 45.4. The normalized spacial score (nSPS) is 11.3. The average molecular weight is 284 g/mol. The van der Waals surface area contributed by atoms with E-state index in [9.17, 15) is 18.0 Å². The summed E-state index contributed by atoms with van der Waals surface area (Å²) in [6.07, 6.45) is 0.598. The molecular weight excluding hydrogens is 273 g/mol. The standard InChI is InChI=1S/C13H11F3N2O2/c14-13(15,16)11-7-10(8-19)1-2-12(11)20-6-5-18-4-3-17-9-18/h1-4,7-9H,5-6H2. The van der Waals surface area contributed by atoms with Crippen LogP contribution in [0.2, 0.25) is 0 Å². The number of carbonyl (C=O) groups is 1. The molecule has 0 saturated carbocycles. The molecule has 2 aromatic rings. The van der Waals surface area contributed by atoms with Gasteiger partial charge in [-0.2, -0.15) is 13.2 Å². The molecule has 0 saturated heterocycles. The number of imidazole rings is 1. The van der Waals surface area contributed by atoms with Crippen molar-refractivity contribution in [3.8, 4) is 5.75 Å². The van der Waals surface area contributed by atoms with Crippen molar-refractivity contribution in [1.29, 1.82) is 0 Å². The molecule has 4 nitrogen and oxygen atoms in total. The van der Waals surface area contributed by atoms with Crippen LogP contribution in [0.4, 0.5) is 13.2 Å². The molecule has 0 spiro atoms. The number of rotatable bonds is 5. The Kier molecular flexibility index (Phi) is 4.07. The van der Waals surface area contributed by atoms with Gasteiger partial charge in [-0.05, 0) is 18.2 Å². The second kappa shape index (κ2) is 5.77. The van der Waals surface area contributed by atoms with Crippen LogP contribution in [0.25, 0.3) is 0 Å². The highest BCUT2D eigenvalue weighted by Gasteiger charge is 2.34. The zero-order valence-corrected chi connectivity index (χ0v) is 10.3. The predicted molar refractivity (Wildman–Crippen MR) is 64.6 cm³/mol. The first-order valence-corrected chi connectivity index (χ1v) is 5.75. The topological polar surface area (TPSA) is 44.1 Å². The minimum atomic E-state index is -4.57. The molecule has 7 heteroatoms. The van der Waals surface area contributed by atoms with E-state index < -0.39 is 11.7 Å². The number of halogens is 3. The average Bonchev–Trinajstić information content (AvgIpc) is 2.91. The van der Waals surface area contributed by atoms with Crippen LogP contribution < -0.4 is 4.74 Å². The molecule has 0 bridgehead atoms. The molecule has 1 aromatic heterocycles. The Morgan fingerprint density at radius 3 is 2.75 bits per heavy atom. The summed E-state index contributed by atoms with van der Waals surface area (Å²) in [6, 6.07) is 3.22. The minimum Gasteiger partial charge on any atom is -0.491 e. The van der Waals surface area contributed by atoms with Gasteiger partial charge in [0.25, 0.3) is 0 Å². The van der Waals surface area contributed by atoms with Crippen molar-refractivity contribution in [2.24, 2.45) is 0 Å². The Balaban J connectivity index is 2.12. The molecule has 106 valence electrons. The van der Waals surface area contributed by atoms with E-state index >= 15 is 0 Å². The van der Waals surface area contributed by atoms with Crippen LogP contribution >= 0.6 is 0 Å². The summed E-state index contributed by atoms with van der Waals surface area (Å²) in [5.74, 6) is -0.289. The highest BCUT2D eigenvalue weighted by molar-refractivity contribution is 5.75. The number of aromatic nitrogens is 2. The number of hydrogen-bond donors (Lipinski definition) is 0. The van der Waals surface area contributed by atoms with E-state index in [4.69, 9.17) is 4.74 Å². The Morgan fingerprint density at radius 1 is 1.35 bits per heavy atom. The Morgan fingerprint density at radius 2 is 2.15 bits per heavy atom. The van der Waals surface area contributed by atoms with E-state index in [1.807, 2.05) is 0 Å². The first-order chi connectivity index (χ1) is 9.50. The molecule has 0 atom stereocenters. The van der Waals surface area contributed by atoms with Gasteiger partial charge in [0.15, 0.2) is 0 Å². The number of benzene rings is 1. The summed E-state index contributed by atoms with van der Waals surface area (Å²) >= 11 is 0. The molecule has 0 fully saturated rings. The monoisotopic (exact) mass is 284 g/mol. The molecule has 0 aliphatic carbocycles. The fraction of sp³-hybridized carbons (Fsp3) is 0.231.